The van der Waals surface area contributed by atoms with E-state index >= 15 is 0 Å². The number of rotatable bonds is 2. The number of hydrogen-bond acceptors (Lipinski definition) is 2. The highest BCUT2D eigenvalue weighted by Crippen LogP contribution is 2.20. The van der Waals surface area contributed by atoms with Crippen LogP contribution in [0.5, 0.6) is 0 Å². The minimum atomic E-state index is -0.506. The van der Waals surface area contributed by atoms with Gasteiger partial charge in [-0.2, -0.15) is 0 Å². The van der Waals surface area contributed by atoms with Crippen molar-refractivity contribution in [3.05, 3.63) is 30.9 Å². The molecule has 2 nitrogen and oxygen atoms in total. The maximum absolute atomic E-state index is 9.33. The molecule has 3 N–H and O–H groups in total. The first kappa shape index (κ1) is 11.7. The Morgan fingerprint density at radius 1 is 1.23 bits per heavy atom. The summed E-state index contributed by atoms with van der Waals surface area (Å²) in [5.74, 6) is 0. The summed E-state index contributed by atoms with van der Waals surface area (Å²) in [7, 11) is 0. The lowest BCUT2D eigenvalue weighted by Crippen LogP contribution is -2.23. The molecule has 0 unspecified atom stereocenters. The van der Waals surface area contributed by atoms with Crippen LogP contribution in [0.1, 0.15) is 18.5 Å². The minimum absolute atomic E-state index is 0.289. The number of nitrogens with two attached hydrogens (primary N) is 1. The van der Waals surface area contributed by atoms with Crippen molar-refractivity contribution in [2.75, 3.05) is 0 Å². The molecular formula is C9H11I2NO. The number of aliphatic hydroxyl groups is 1. The molecule has 0 heterocycles. The van der Waals surface area contributed by atoms with E-state index in [0.717, 1.165) is 12.7 Å². The zero-order valence-electron chi connectivity index (χ0n) is 7.17. The van der Waals surface area contributed by atoms with E-state index in [0.29, 0.717) is 0 Å². The van der Waals surface area contributed by atoms with Crippen molar-refractivity contribution in [3.8, 4) is 0 Å². The normalized spacial score (nSPS) is 15.5. The molecule has 0 saturated carbocycles. The molecule has 0 fully saturated rings. The molecule has 4 heteroatoms. The topological polar surface area (TPSA) is 46.2 Å². The molecule has 1 rings (SSSR count). The van der Waals surface area contributed by atoms with Gasteiger partial charge in [0.2, 0.25) is 0 Å². The molecule has 0 aromatic heterocycles. The highest BCUT2D eigenvalue weighted by Gasteiger charge is 2.12. The fraction of sp³-hybridized carbons (Fsp3) is 0.333. The quantitative estimate of drug-likeness (QED) is 0.745. The Morgan fingerprint density at radius 3 is 2.08 bits per heavy atom. The molecular weight excluding hydrogens is 392 g/mol. The largest absolute Gasteiger partial charge is 0.391 e. The summed E-state index contributed by atoms with van der Waals surface area (Å²) >= 11 is 4.49. The van der Waals surface area contributed by atoms with Gasteiger partial charge in [0.1, 0.15) is 0 Å². The highest BCUT2D eigenvalue weighted by atomic mass is 127. The number of halogens is 2. The zero-order valence-corrected chi connectivity index (χ0v) is 11.5. The molecule has 2 atom stereocenters. The number of hydrogen-bond donors (Lipinski definition) is 2. The van der Waals surface area contributed by atoms with Crippen LogP contribution in [0.3, 0.4) is 0 Å². The lowest BCUT2D eigenvalue weighted by Gasteiger charge is -2.15. The SMILES string of the molecule is C[C@H](O)[C@@H](N)c1cc(I)cc(I)c1. The molecule has 0 spiro atoms. The van der Waals surface area contributed by atoms with Crippen LogP contribution in [0.15, 0.2) is 18.2 Å². The van der Waals surface area contributed by atoms with E-state index in [1.54, 1.807) is 6.92 Å². The van der Waals surface area contributed by atoms with Crippen LogP contribution in [0.2, 0.25) is 0 Å². The molecule has 0 aliphatic carbocycles. The summed E-state index contributed by atoms with van der Waals surface area (Å²) in [5.41, 5.74) is 6.81. The molecule has 0 radical (unpaired) electrons. The Kier molecular flexibility index (Phi) is 4.40. The predicted octanol–water partition coefficient (Wildman–Crippen LogP) is 2.28. The van der Waals surface area contributed by atoms with Gasteiger partial charge in [0.15, 0.2) is 0 Å². The van der Waals surface area contributed by atoms with Crippen molar-refractivity contribution in [2.24, 2.45) is 5.73 Å². The number of benzene rings is 1. The van der Waals surface area contributed by atoms with Gasteiger partial charge in [0, 0.05) is 7.14 Å². The van der Waals surface area contributed by atoms with Crippen LogP contribution in [0, 0.1) is 7.14 Å². The monoisotopic (exact) mass is 403 g/mol. The van der Waals surface area contributed by atoms with Gasteiger partial charge in [-0.05, 0) is 75.9 Å². The van der Waals surface area contributed by atoms with Gasteiger partial charge in [0.05, 0.1) is 12.1 Å². The summed E-state index contributed by atoms with van der Waals surface area (Å²) in [6, 6.07) is 5.78. The van der Waals surface area contributed by atoms with Crippen LogP contribution < -0.4 is 5.73 Å². The Morgan fingerprint density at radius 2 is 1.69 bits per heavy atom. The molecule has 13 heavy (non-hydrogen) atoms. The molecule has 0 amide bonds. The summed E-state index contributed by atoms with van der Waals surface area (Å²) in [6.07, 6.45) is -0.506. The average Bonchev–Trinajstić information content (AvgIpc) is 2.01. The van der Waals surface area contributed by atoms with Crippen LogP contribution in [0.25, 0.3) is 0 Å². The maximum Gasteiger partial charge on any atom is 0.0704 e. The van der Waals surface area contributed by atoms with Gasteiger partial charge < -0.3 is 10.8 Å². The van der Waals surface area contributed by atoms with Crippen molar-refractivity contribution in [1.29, 1.82) is 0 Å². The summed E-state index contributed by atoms with van der Waals surface area (Å²) < 4.78 is 2.30. The molecule has 0 saturated heterocycles. The summed E-state index contributed by atoms with van der Waals surface area (Å²) in [5, 5.41) is 9.33. The first-order valence-corrected chi connectivity index (χ1v) is 6.06. The lowest BCUT2D eigenvalue weighted by molar-refractivity contribution is 0.164. The van der Waals surface area contributed by atoms with Gasteiger partial charge in [-0.25, -0.2) is 0 Å². The Hall–Kier alpha value is 0.600. The molecule has 0 bridgehead atoms. The van der Waals surface area contributed by atoms with Crippen LogP contribution in [-0.4, -0.2) is 11.2 Å². The van der Waals surface area contributed by atoms with Crippen LogP contribution in [-0.2, 0) is 0 Å². The summed E-state index contributed by atoms with van der Waals surface area (Å²) in [6.45, 7) is 1.71. The third-order valence-electron chi connectivity index (χ3n) is 1.79. The first-order chi connectivity index (χ1) is 6.00. The van der Waals surface area contributed by atoms with Gasteiger partial charge in [-0.1, -0.05) is 0 Å². The van der Waals surface area contributed by atoms with E-state index < -0.39 is 6.10 Å². The van der Waals surface area contributed by atoms with Crippen molar-refractivity contribution >= 4 is 45.2 Å². The maximum atomic E-state index is 9.33. The highest BCUT2D eigenvalue weighted by molar-refractivity contribution is 14.1. The van der Waals surface area contributed by atoms with E-state index in [1.165, 1.54) is 0 Å². The predicted molar refractivity (Wildman–Crippen MR) is 70.5 cm³/mol. The zero-order chi connectivity index (χ0) is 10.0. The Bertz CT molecular complexity index is 281. The third-order valence-corrected chi connectivity index (χ3v) is 3.04. The first-order valence-electron chi connectivity index (χ1n) is 3.90. The third kappa shape index (κ3) is 3.34. The van der Waals surface area contributed by atoms with Gasteiger partial charge in [-0.3, -0.25) is 0 Å². The fourth-order valence-electron chi connectivity index (χ4n) is 1.05. The fourth-order valence-corrected chi connectivity index (χ4v) is 3.03. The second-order valence-corrected chi connectivity index (χ2v) is 5.46. The second-order valence-electron chi connectivity index (χ2n) is 2.97. The van der Waals surface area contributed by atoms with Gasteiger partial charge in [-0.15, -0.1) is 0 Å². The van der Waals surface area contributed by atoms with E-state index in [4.69, 9.17) is 5.73 Å². The van der Waals surface area contributed by atoms with Crippen molar-refractivity contribution in [3.63, 3.8) is 0 Å². The van der Waals surface area contributed by atoms with E-state index in [9.17, 15) is 5.11 Å². The average molecular weight is 403 g/mol. The molecule has 1 aromatic rings. The lowest BCUT2D eigenvalue weighted by atomic mass is 10.0. The Balaban J connectivity index is 3.01. The van der Waals surface area contributed by atoms with Crippen LogP contribution in [0.4, 0.5) is 0 Å². The smallest absolute Gasteiger partial charge is 0.0704 e. The van der Waals surface area contributed by atoms with E-state index in [2.05, 4.69) is 51.2 Å². The Labute approximate surface area is 105 Å². The molecule has 0 aliphatic rings. The van der Waals surface area contributed by atoms with Crippen LogP contribution >= 0.6 is 45.2 Å². The minimum Gasteiger partial charge on any atom is -0.391 e. The van der Waals surface area contributed by atoms with E-state index in [1.807, 2.05) is 12.1 Å². The van der Waals surface area contributed by atoms with Gasteiger partial charge in [0.25, 0.3) is 0 Å². The van der Waals surface area contributed by atoms with E-state index in [-0.39, 0.29) is 6.04 Å². The van der Waals surface area contributed by atoms with Crippen molar-refractivity contribution < 1.29 is 5.11 Å². The number of aliphatic hydroxyl groups excluding tert-OH is 1. The molecule has 1 aromatic carbocycles. The standard InChI is InChI=1S/C9H11I2NO/c1-5(13)9(12)6-2-7(10)4-8(11)3-6/h2-5,9,13H,12H2,1H3/t5-,9+/m0/s1. The second kappa shape index (κ2) is 4.90. The van der Waals surface area contributed by atoms with Crippen molar-refractivity contribution in [1.82, 2.24) is 0 Å². The molecule has 72 valence electrons. The summed E-state index contributed by atoms with van der Waals surface area (Å²) in [4.78, 5) is 0. The van der Waals surface area contributed by atoms with Gasteiger partial charge >= 0.3 is 0 Å². The van der Waals surface area contributed by atoms with Crippen molar-refractivity contribution in [2.45, 2.75) is 19.1 Å². The molecule has 0 aliphatic heterocycles.